The topological polar surface area (TPSA) is 52.7 Å². The van der Waals surface area contributed by atoms with E-state index < -0.39 is 34.9 Å². The van der Waals surface area contributed by atoms with Gasteiger partial charge in [-0.05, 0) is 62.5 Å². The van der Waals surface area contributed by atoms with Crippen molar-refractivity contribution in [1.29, 1.82) is 0 Å². The third-order valence-corrected chi connectivity index (χ3v) is 5.15. The molecule has 0 bridgehead atoms. The number of rotatable bonds is 3. The standard InChI is InChI=1S/C20H17F4N3O2S/c1-19(2)17(29)26(12-6-4-5-11(9-12)20(22,23)24)18(30)27(19)13-7-8-14(15(21)10-13)16(28)25-3/h4-10H,1-3H3,(H,25,28). The lowest BCUT2D eigenvalue weighted by atomic mass is 10.0. The molecule has 3 rings (SSSR count). The Labute approximate surface area is 175 Å². The van der Waals surface area contributed by atoms with E-state index in [1.54, 1.807) is 0 Å². The predicted octanol–water partition coefficient (Wildman–Crippen LogP) is 4.12. The highest BCUT2D eigenvalue weighted by molar-refractivity contribution is 7.81. The van der Waals surface area contributed by atoms with Crippen LogP contribution in [0.5, 0.6) is 0 Å². The van der Waals surface area contributed by atoms with Crippen LogP contribution in [0.25, 0.3) is 0 Å². The van der Waals surface area contributed by atoms with Crippen LogP contribution < -0.4 is 15.1 Å². The second kappa shape index (κ2) is 7.35. The number of carbonyl (C=O) groups excluding carboxylic acids is 2. The molecule has 1 heterocycles. The zero-order valence-electron chi connectivity index (χ0n) is 16.2. The molecule has 1 aliphatic heterocycles. The summed E-state index contributed by atoms with van der Waals surface area (Å²) in [6.45, 7) is 3.06. The highest BCUT2D eigenvalue weighted by Gasteiger charge is 2.50. The number of halogens is 4. The number of hydrogen-bond acceptors (Lipinski definition) is 3. The maximum Gasteiger partial charge on any atom is 0.416 e. The summed E-state index contributed by atoms with van der Waals surface area (Å²) in [5, 5.41) is 2.22. The molecular formula is C20H17F4N3O2S. The van der Waals surface area contributed by atoms with E-state index in [4.69, 9.17) is 12.2 Å². The molecule has 2 amide bonds. The van der Waals surface area contributed by atoms with Crippen molar-refractivity contribution in [2.45, 2.75) is 25.6 Å². The van der Waals surface area contributed by atoms with E-state index in [0.717, 1.165) is 23.1 Å². The van der Waals surface area contributed by atoms with Gasteiger partial charge in [-0.15, -0.1) is 0 Å². The minimum Gasteiger partial charge on any atom is -0.355 e. The van der Waals surface area contributed by atoms with E-state index in [1.165, 1.54) is 50.1 Å². The molecule has 1 N–H and O–H groups in total. The average Bonchev–Trinajstić information content (AvgIpc) is 2.84. The monoisotopic (exact) mass is 439 g/mol. The van der Waals surface area contributed by atoms with Crippen LogP contribution in [-0.2, 0) is 11.0 Å². The minimum absolute atomic E-state index is 0.0437. The van der Waals surface area contributed by atoms with Crippen LogP contribution >= 0.6 is 12.2 Å². The van der Waals surface area contributed by atoms with Crippen LogP contribution in [0.1, 0.15) is 29.8 Å². The van der Waals surface area contributed by atoms with Crippen LogP contribution in [0.4, 0.5) is 28.9 Å². The average molecular weight is 439 g/mol. The molecule has 0 atom stereocenters. The first-order valence-corrected chi connectivity index (χ1v) is 9.18. The second-order valence-electron chi connectivity index (χ2n) is 7.11. The first-order chi connectivity index (χ1) is 13.9. The fourth-order valence-corrected chi connectivity index (χ4v) is 3.76. The van der Waals surface area contributed by atoms with Gasteiger partial charge in [0.2, 0.25) is 0 Å². The molecule has 0 spiro atoms. The van der Waals surface area contributed by atoms with Crippen LogP contribution in [0.2, 0.25) is 0 Å². The lowest BCUT2D eigenvalue weighted by molar-refractivity contribution is -0.137. The van der Waals surface area contributed by atoms with Crippen molar-refractivity contribution in [1.82, 2.24) is 5.32 Å². The molecule has 0 aromatic heterocycles. The van der Waals surface area contributed by atoms with Gasteiger partial charge in [0.1, 0.15) is 11.4 Å². The molecule has 1 fully saturated rings. The Bertz CT molecular complexity index is 1050. The molecule has 2 aromatic rings. The van der Waals surface area contributed by atoms with E-state index in [2.05, 4.69) is 5.32 Å². The van der Waals surface area contributed by atoms with Gasteiger partial charge in [-0.3, -0.25) is 14.5 Å². The molecule has 0 saturated carbocycles. The number of thiocarbonyl (C=S) groups is 1. The normalized spacial score (nSPS) is 16.2. The number of carbonyl (C=O) groups is 2. The SMILES string of the molecule is CNC(=O)c1ccc(N2C(=S)N(c3cccc(C(F)(F)F)c3)C(=O)C2(C)C)cc1F. The summed E-state index contributed by atoms with van der Waals surface area (Å²) in [6.07, 6.45) is -4.59. The van der Waals surface area contributed by atoms with Crippen LogP contribution in [-0.4, -0.2) is 29.5 Å². The number of benzene rings is 2. The van der Waals surface area contributed by atoms with E-state index >= 15 is 0 Å². The molecule has 1 aliphatic rings. The molecular weight excluding hydrogens is 422 g/mol. The number of nitrogens with one attached hydrogen (secondary N) is 1. The number of nitrogens with zero attached hydrogens (tertiary/aromatic N) is 2. The number of anilines is 2. The fourth-order valence-electron chi connectivity index (χ4n) is 3.24. The Balaban J connectivity index is 2.06. The van der Waals surface area contributed by atoms with Crippen molar-refractivity contribution in [3.8, 4) is 0 Å². The largest absolute Gasteiger partial charge is 0.416 e. The molecule has 30 heavy (non-hydrogen) atoms. The summed E-state index contributed by atoms with van der Waals surface area (Å²) >= 11 is 5.39. The zero-order valence-corrected chi connectivity index (χ0v) is 17.0. The van der Waals surface area contributed by atoms with Gasteiger partial charge in [0.05, 0.1) is 16.8 Å². The van der Waals surface area contributed by atoms with Gasteiger partial charge in [0, 0.05) is 12.7 Å². The molecule has 158 valence electrons. The molecule has 1 saturated heterocycles. The highest BCUT2D eigenvalue weighted by atomic mass is 32.1. The lowest BCUT2D eigenvalue weighted by Gasteiger charge is -2.29. The van der Waals surface area contributed by atoms with Crippen molar-refractivity contribution in [2.75, 3.05) is 16.8 Å². The summed E-state index contributed by atoms with van der Waals surface area (Å²) in [6, 6.07) is 7.98. The van der Waals surface area contributed by atoms with Crippen LogP contribution in [0, 0.1) is 5.82 Å². The Morgan fingerprint density at radius 1 is 1.10 bits per heavy atom. The van der Waals surface area contributed by atoms with Crippen molar-refractivity contribution >= 4 is 40.5 Å². The van der Waals surface area contributed by atoms with Gasteiger partial charge in [0.15, 0.2) is 5.11 Å². The van der Waals surface area contributed by atoms with E-state index in [-0.39, 0.29) is 22.1 Å². The van der Waals surface area contributed by atoms with E-state index in [1.807, 2.05) is 0 Å². The molecule has 0 radical (unpaired) electrons. The number of amides is 2. The molecule has 10 heteroatoms. The summed E-state index contributed by atoms with van der Waals surface area (Å²) in [4.78, 5) is 27.1. The third kappa shape index (κ3) is 3.51. The summed E-state index contributed by atoms with van der Waals surface area (Å²) in [5.41, 5.74) is -2.26. The first kappa shape index (κ1) is 21.7. The van der Waals surface area contributed by atoms with Gasteiger partial charge in [-0.2, -0.15) is 13.2 Å². The summed E-state index contributed by atoms with van der Waals surface area (Å²) in [7, 11) is 1.36. The number of hydrogen-bond donors (Lipinski definition) is 1. The first-order valence-electron chi connectivity index (χ1n) is 8.77. The molecule has 0 aliphatic carbocycles. The van der Waals surface area contributed by atoms with Crippen molar-refractivity contribution < 1.29 is 27.2 Å². The molecule has 0 unspecified atom stereocenters. The molecule has 2 aromatic carbocycles. The fraction of sp³-hybridized carbons (Fsp3) is 0.250. The number of alkyl halides is 3. The maximum atomic E-state index is 14.5. The third-order valence-electron chi connectivity index (χ3n) is 4.78. The van der Waals surface area contributed by atoms with Gasteiger partial charge in [-0.25, -0.2) is 4.39 Å². The van der Waals surface area contributed by atoms with Gasteiger partial charge in [0.25, 0.3) is 11.8 Å². The summed E-state index contributed by atoms with van der Waals surface area (Å²) < 4.78 is 53.8. The van der Waals surface area contributed by atoms with Gasteiger partial charge in [-0.1, -0.05) is 6.07 Å². The minimum atomic E-state index is -4.59. The van der Waals surface area contributed by atoms with Crippen molar-refractivity contribution in [2.24, 2.45) is 0 Å². The predicted molar refractivity (Wildman–Crippen MR) is 108 cm³/mol. The molecule has 5 nitrogen and oxygen atoms in total. The van der Waals surface area contributed by atoms with Crippen molar-refractivity contribution in [3.63, 3.8) is 0 Å². The lowest BCUT2D eigenvalue weighted by Crippen LogP contribution is -2.44. The maximum absolute atomic E-state index is 14.5. The summed E-state index contributed by atoms with van der Waals surface area (Å²) in [5.74, 6) is -2.01. The highest BCUT2D eigenvalue weighted by Crippen LogP contribution is 2.38. The second-order valence-corrected chi connectivity index (χ2v) is 7.47. The van der Waals surface area contributed by atoms with E-state index in [0.29, 0.717) is 0 Å². The Hall–Kier alpha value is -3.01. The van der Waals surface area contributed by atoms with Gasteiger partial charge >= 0.3 is 6.18 Å². The Morgan fingerprint density at radius 2 is 1.77 bits per heavy atom. The quantitative estimate of drug-likeness (QED) is 0.578. The van der Waals surface area contributed by atoms with Crippen LogP contribution in [0.3, 0.4) is 0 Å². The van der Waals surface area contributed by atoms with Gasteiger partial charge < -0.3 is 10.2 Å². The Morgan fingerprint density at radius 3 is 2.33 bits per heavy atom. The Kier molecular flexibility index (Phi) is 5.32. The smallest absolute Gasteiger partial charge is 0.355 e. The van der Waals surface area contributed by atoms with Crippen molar-refractivity contribution in [3.05, 3.63) is 59.4 Å². The zero-order chi connectivity index (χ0) is 22.4. The van der Waals surface area contributed by atoms with Crippen LogP contribution in [0.15, 0.2) is 42.5 Å². The van der Waals surface area contributed by atoms with E-state index in [9.17, 15) is 27.2 Å².